The lowest BCUT2D eigenvalue weighted by Crippen LogP contribution is -2.38. The highest BCUT2D eigenvalue weighted by atomic mass is 32.2. The van der Waals surface area contributed by atoms with Crippen molar-refractivity contribution >= 4 is 21.6 Å². The first-order valence-electron chi connectivity index (χ1n) is 7.00. The van der Waals surface area contributed by atoms with E-state index in [-0.39, 0.29) is 23.4 Å². The van der Waals surface area contributed by atoms with E-state index < -0.39 is 10.0 Å². The average molecular weight is 312 g/mol. The summed E-state index contributed by atoms with van der Waals surface area (Å²) < 4.78 is 26.8. The molecule has 1 aliphatic rings. The van der Waals surface area contributed by atoms with Gasteiger partial charge >= 0.3 is 0 Å². The summed E-state index contributed by atoms with van der Waals surface area (Å²) in [6, 6.07) is 1.82. The Morgan fingerprint density at radius 1 is 1.43 bits per heavy atom. The molecule has 2 rings (SSSR count). The van der Waals surface area contributed by atoms with Crippen LogP contribution in [0.15, 0.2) is 23.4 Å². The van der Waals surface area contributed by atoms with Crippen LogP contribution >= 0.6 is 0 Å². The van der Waals surface area contributed by atoms with Crippen LogP contribution in [0.3, 0.4) is 0 Å². The molecule has 0 radical (unpaired) electrons. The van der Waals surface area contributed by atoms with E-state index in [1.807, 2.05) is 6.92 Å². The molecule has 1 saturated carbocycles. The summed E-state index contributed by atoms with van der Waals surface area (Å²) in [5, 5.41) is 5.77. The molecule has 1 heterocycles. The SMILES string of the molecule is CCCNc1ccncc1S(=O)(=O)NCC(=O)NC1CC1. The quantitative estimate of drug-likeness (QED) is 0.647. The van der Waals surface area contributed by atoms with Crippen molar-refractivity contribution in [2.75, 3.05) is 18.4 Å². The summed E-state index contributed by atoms with van der Waals surface area (Å²) in [4.78, 5) is 15.5. The van der Waals surface area contributed by atoms with Gasteiger partial charge in [0.1, 0.15) is 4.90 Å². The molecule has 1 amide bonds. The number of hydrogen-bond acceptors (Lipinski definition) is 5. The number of sulfonamides is 1. The Morgan fingerprint density at radius 3 is 2.86 bits per heavy atom. The van der Waals surface area contributed by atoms with E-state index >= 15 is 0 Å². The zero-order chi connectivity index (χ0) is 15.3. The average Bonchev–Trinajstić information content (AvgIpc) is 3.27. The standard InChI is InChI=1S/C13H20N4O3S/c1-2-6-15-11-5-7-14-8-12(11)21(19,20)16-9-13(18)17-10-3-4-10/h5,7-8,10,16H,2-4,6,9H2,1H3,(H,14,15)(H,17,18). The summed E-state index contributed by atoms with van der Waals surface area (Å²) in [5.41, 5.74) is 0.488. The molecule has 1 aromatic rings. The Labute approximate surface area is 124 Å². The normalized spacial score (nSPS) is 14.7. The van der Waals surface area contributed by atoms with Crippen molar-refractivity contribution in [2.24, 2.45) is 0 Å². The predicted octanol–water partition coefficient (Wildman–Crippen LogP) is 0.460. The number of carbonyl (C=O) groups is 1. The van der Waals surface area contributed by atoms with Gasteiger partial charge < -0.3 is 10.6 Å². The summed E-state index contributed by atoms with van der Waals surface area (Å²) in [5.74, 6) is -0.312. The van der Waals surface area contributed by atoms with Crippen LogP contribution in [0.5, 0.6) is 0 Å². The van der Waals surface area contributed by atoms with E-state index in [2.05, 4.69) is 20.3 Å². The summed E-state index contributed by atoms with van der Waals surface area (Å²) in [7, 11) is -3.77. The molecule has 3 N–H and O–H groups in total. The Balaban J connectivity index is 2.02. The Morgan fingerprint density at radius 2 is 2.19 bits per heavy atom. The van der Waals surface area contributed by atoms with E-state index in [4.69, 9.17) is 0 Å². The minimum absolute atomic E-state index is 0.0534. The Kier molecular flexibility index (Phi) is 5.13. The van der Waals surface area contributed by atoms with Gasteiger partial charge in [-0.25, -0.2) is 13.1 Å². The van der Waals surface area contributed by atoms with Gasteiger partial charge in [-0.15, -0.1) is 0 Å². The third-order valence-electron chi connectivity index (χ3n) is 3.00. The minimum atomic E-state index is -3.77. The van der Waals surface area contributed by atoms with Gasteiger partial charge in [0.25, 0.3) is 0 Å². The van der Waals surface area contributed by atoms with E-state index in [0.29, 0.717) is 12.2 Å². The van der Waals surface area contributed by atoms with Gasteiger partial charge in [-0.2, -0.15) is 0 Å². The number of aromatic nitrogens is 1. The summed E-state index contributed by atoms with van der Waals surface area (Å²) >= 11 is 0. The van der Waals surface area contributed by atoms with Crippen LogP contribution in [0.25, 0.3) is 0 Å². The number of hydrogen-bond donors (Lipinski definition) is 3. The number of nitrogens with zero attached hydrogens (tertiary/aromatic N) is 1. The van der Waals surface area contributed by atoms with Crippen molar-refractivity contribution in [3.05, 3.63) is 18.5 Å². The number of rotatable bonds is 8. The molecule has 0 saturated heterocycles. The summed E-state index contributed by atoms with van der Waals surface area (Å²) in [6.07, 6.45) is 5.60. The van der Waals surface area contributed by atoms with E-state index in [1.165, 1.54) is 12.4 Å². The Bertz CT molecular complexity index is 599. The van der Waals surface area contributed by atoms with E-state index in [0.717, 1.165) is 19.3 Å². The van der Waals surface area contributed by atoms with Crippen molar-refractivity contribution in [1.82, 2.24) is 15.0 Å². The highest BCUT2D eigenvalue weighted by Crippen LogP contribution is 2.20. The topological polar surface area (TPSA) is 100 Å². The van der Waals surface area contributed by atoms with Crippen LogP contribution in [0.2, 0.25) is 0 Å². The third kappa shape index (κ3) is 4.68. The number of amides is 1. The van der Waals surface area contributed by atoms with Gasteiger partial charge in [-0.3, -0.25) is 9.78 Å². The van der Waals surface area contributed by atoms with Crippen LogP contribution in [0.4, 0.5) is 5.69 Å². The van der Waals surface area contributed by atoms with Crippen LogP contribution in [0.1, 0.15) is 26.2 Å². The summed E-state index contributed by atoms with van der Waals surface area (Å²) in [6.45, 7) is 2.39. The van der Waals surface area contributed by atoms with Crippen molar-refractivity contribution < 1.29 is 13.2 Å². The second kappa shape index (κ2) is 6.86. The van der Waals surface area contributed by atoms with Gasteiger partial charge in [0.05, 0.1) is 12.2 Å². The number of pyridine rings is 1. The molecule has 116 valence electrons. The first kappa shape index (κ1) is 15.7. The zero-order valence-corrected chi connectivity index (χ0v) is 12.7. The smallest absolute Gasteiger partial charge is 0.244 e. The monoisotopic (exact) mass is 312 g/mol. The maximum Gasteiger partial charge on any atom is 0.244 e. The van der Waals surface area contributed by atoms with Crippen LogP contribution in [0, 0.1) is 0 Å². The molecule has 0 atom stereocenters. The first-order chi connectivity index (χ1) is 10.0. The second-order valence-electron chi connectivity index (χ2n) is 4.96. The van der Waals surface area contributed by atoms with Crippen molar-refractivity contribution in [3.63, 3.8) is 0 Å². The molecule has 0 aliphatic heterocycles. The number of anilines is 1. The fraction of sp³-hybridized carbons (Fsp3) is 0.538. The largest absolute Gasteiger partial charge is 0.384 e. The Hall–Kier alpha value is -1.67. The molecule has 0 bridgehead atoms. The second-order valence-corrected chi connectivity index (χ2v) is 6.70. The van der Waals surface area contributed by atoms with E-state index in [1.54, 1.807) is 6.07 Å². The van der Waals surface area contributed by atoms with Gasteiger partial charge in [-0.05, 0) is 25.3 Å². The van der Waals surface area contributed by atoms with E-state index in [9.17, 15) is 13.2 Å². The third-order valence-corrected chi connectivity index (χ3v) is 4.43. The molecule has 8 heteroatoms. The fourth-order valence-corrected chi connectivity index (χ4v) is 2.85. The molecule has 0 unspecified atom stereocenters. The maximum absolute atomic E-state index is 12.3. The van der Waals surface area contributed by atoms with Crippen LogP contribution in [-0.4, -0.2) is 38.4 Å². The molecular weight excluding hydrogens is 292 g/mol. The van der Waals surface area contributed by atoms with Gasteiger partial charge in [0.15, 0.2) is 0 Å². The zero-order valence-electron chi connectivity index (χ0n) is 11.9. The van der Waals surface area contributed by atoms with Crippen molar-refractivity contribution in [2.45, 2.75) is 37.1 Å². The maximum atomic E-state index is 12.3. The number of carbonyl (C=O) groups excluding carboxylic acids is 1. The van der Waals surface area contributed by atoms with Crippen LogP contribution in [-0.2, 0) is 14.8 Å². The van der Waals surface area contributed by atoms with Crippen molar-refractivity contribution in [1.29, 1.82) is 0 Å². The molecule has 21 heavy (non-hydrogen) atoms. The molecule has 1 aromatic heterocycles. The lowest BCUT2D eigenvalue weighted by Gasteiger charge is -2.12. The molecule has 1 fully saturated rings. The highest BCUT2D eigenvalue weighted by Gasteiger charge is 2.24. The lowest BCUT2D eigenvalue weighted by molar-refractivity contribution is -0.120. The molecule has 0 aromatic carbocycles. The molecule has 1 aliphatic carbocycles. The fourth-order valence-electron chi connectivity index (χ4n) is 1.74. The van der Waals surface area contributed by atoms with Gasteiger partial charge in [-0.1, -0.05) is 6.92 Å². The van der Waals surface area contributed by atoms with Gasteiger partial charge in [0.2, 0.25) is 15.9 Å². The molecule has 0 spiro atoms. The molecule has 7 nitrogen and oxygen atoms in total. The number of nitrogens with one attached hydrogen (secondary N) is 3. The molecular formula is C13H20N4O3S. The van der Waals surface area contributed by atoms with Crippen LogP contribution < -0.4 is 15.4 Å². The highest BCUT2D eigenvalue weighted by molar-refractivity contribution is 7.89. The predicted molar refractivity (Wildman–Crippen MR) is 79.4 cm³/mol. The first-order valence-corrected chi connectivity index (χ1v) is 8.48. The lowest BCUT2D eigenvalue weighted by atomic mass is 10.4. The van der Waals surface area contributed by atoms with Gasteiger partial charge in [0, 0.05) is 25.0 Å². The van der Waals surface area contributed by atoms with Crippen molar-refractivity contribution in [3.8, 4) is 0 Å². The minimum Gasteiger partial charge on any atom is -0.384 e.